The van der Waals surface area contributed by atoms with Crippen LogP contribution in [0.5, 0.6) is 0 Å². The molecule has 0 aliphatic rings. The van der Waals surface area contributed by atoms with Crippen LogP contribution in [0, 0.1) is 0 Å². The first kappa shape index (κ1) is 20.7. The summed E-state index contributed by atoms with van der Waals surface area (Å²) in [6.07, 6.45) is 1.87. The Bertz CT molecular complexity index is 561. The number of nitrogens with zero attached hydrogens (tertiary/aromatic N) is 1. The zero-order chi connectivity index (χ0) is 18.1. The van der Waals surface area contributed by atoms with Crippen molar-refractivity contribution in [3.8, 4) is 0 Å². The molecule has 0 aliphatic heterocycles. The second-order valence-electron chi connectivity index (χ2n) is 5.87. The fourth-order valence-corrected chi connectivity index (χ4v) is 2.68. The number of quaternary nitrogens is 1. The van der Waals surface area contributed by atoms with Crippen molar-refractivity contribution in [2.75, 3.05) is 38.5 Å². The molecule has 0 saturated carbocycles. The Hall–Kier alpha value is -1.30. The van der Waals surface area contributed by atoms with Gasteiger partial charge in [0.25, 0.3) is 11.8 Å². The van der Waals surface area contributed by atoms with Gasteiger partial charge in [0.1, 0.15) is 0 Å². The Labute approximate surface area is 153 Å². The average molecular weight is 375 g/mol. The topological polar surface area (TPSA) is 53.9 Å². The van der Waals surface area contributed by atoms with E-state index < -0.39 is 0 Å². The Morgan fingerprint density at radius 3 is 2.25 bits per heavy atom. The van der Waals surface area contributed by atoms with Crippen LogP contribution in [0.1, 0.15) is 26.7 Å². The molecule has 0 radical (unpaired) electrons. The van der Waals surface area contributed by atoms with Crippen LogP contribution in [0.25, 0.3) is 0 Å². The van der Waals surface area contributed by atoms with Crippen molar-refractivity contribution in [1.29, 1.82) is 0 Å². The molecule has 1 aromatic rings. The van der Waals surface area contributed by atoms with Crippen LogP contribution in [0.15, 0.2) is 18.2 Å². The van der Waals surface area contributed by atoms with Gasteiger partial charge in [-0.3, -0.25) is 9.59 Å². The van der Waals surface area contributed by atoms with Gasteiger partial charge in [-0.2, -0.15) is 0 Å². The molecular formula is C17H26Cl2N3O2+. The first-order valence-electron chi connectivity index (χ1n) is 8.21. The van der Waals surface area contributed by atoms with E-state index in [0.717, 1.165) is 30.8 Å². The molecule has 0 aromatic heterocycles. The Morgan fingerprint density at radius 2 is 1.71 bits per heavy atom. The number of carbonyl (C=O) groups is 2. The standard InChI is InChI=1S/C17H25Cl2N3O2/c1-4-8-22(9-5-2)17(24)12-21(3)11-16(23)20-13-6-7-14(18)15(19)10-13/h6-7,10H,4-5,8-9,11-12H2,1-3H3,(H,20,23)/p+1. The average Bonchev–Trinajstić information content (AvgIpc) is 2.50. The molecule has 0 heterocycles. The smallest absolute Gasteiger partial charge is 0.279 e. The number of benzene rings is 1. The molecule has 1 unspecified atom stereocenters. The minimum atomic E-state index is -0.170. The van der Waals surface area contributed by atoms with Crippen LogP contribution in [0.4, 0.5) is 5.69 Å². The lowest BCUT2D eigenvalue weighted by molar-refractivity contribution is -0.862. The first-order valence-corrected chi connectivity index (χ1v) is 8.96. The summed E-state index contributed by atoms with van der Waals surface area (Å²) in [7, 11) is 1.84. The van der Waals surface area contributed by atoms with Gasteiger partial charge in [0, 0.05) is 18.8 Å². The number of halogens is 2. The Balaban J connectivity index is 2.50. The number of anilines is 1. The van der Waals surface area contributed by atoms with E-state index in [4.69, 9.17) is 23.2 Å². The summed E-state index contributed by atoms with van der Waals surface area (Å²) in [5.74, 6) is -0.0882. The highest BCUT2D eigenvalue weighted by Crippen LogP contribution is 2.24. The number of amides is 2. The molecule has 7 heteroatoms. The summed E-state index contributed by atoms with van der Waals surface area (Å²) in [5.41, 5.74) is 0.590. The van der Waals surface area contributed by atoms with Gasteiger partial charge in [0.2, 0.25) is 0 Å². The molecule has 1 rings (SSSR count). The normalized spacial score (nSPS) is 11.9. The lowest BCUT2D eigenvalue weighted by Gasteiger charge is -2.23. The summed E-state index contributed by atoms with van der Waals surface area (Å²) in [6, 6.07) is 4.93. The van der Waals surface area contributed by atoms with E-state index in [-0.39, 0.29) is 18.4 Å². The maximum absolute atomic E-state index is 12.3. The molecule has 0 spiro atoms. The summed E-state index contributed by atoms with van der Waals surface area (Å²) in [4.78, 5) is 27.1. The molecule has 2 N–H and O–H groups in total. The van der Waals surface area contributed by atoms with Crippen LogP contribution in [0.3, 0.4) is 0 Å². The minimum absolute atomic E-state index is 0.0820. The fourth-order valence-electron chi connectivity index (χ4n) is 2.39. The number of likely N-dealkylation sites (N-methyl/N-ethyl adjacent to an activating group) is 1. The second kappa shape index (κ2) is 10.5. The van der Waals surface area contributed by atoms with Gasteiger partial charge in [0.05, 0.1) is 17.1 Å². The van der Waals surface area contributed by atoms with E-state index >= 15 is 0 Å². The number of hydrogen-bond donors (Lipinski definition) is 2. The number of carbonyl (C=O) groups excluding carboxylic acids is 2. The van der Waals surface area contributed by atoms with Crippen molar-refractivity contribution in [3.63, 3.8) is 0 Å². The van der Waals surface area contributed by atoms with E-state index in [0.29, 0.717) is 22.3 Å². The number of rotatable bonds is 9. The van der Waals surface area contributed by atoms with Gasteiger partial charge in [-0.25, -0.2) is 0 Å². The molecule has 2 amide bonds. The monoisotopic (exact) mass is 374 g/mol. The van der Waals surface area contributed by atoms with Crippen molar-refractivity contribution in [2.45, 2.75) is 26.7 Å². The number of nitrogens with one attached hydrogen (secondary N) is 2. The highest BCUT2D eigenvalue weighted by Gasteiger charge is 2.19. The summed E-state index contributed by atoms with van der Waals surface area (Å²) in [6.45, 7) is 6.13. The predicted octanol–water partition coefficient (Wildman–Crippen LogP) is 2.10. The third-order valence-electron chi connectivity index (χ3n) is 3.46. The lowest BCUT2D eigenvalue weighted by atomic mass is 10.3. The molecule has 0 fully saturated rings. The van der Waals surface area contributed by atoms with Crippen molar-refractivity contribution < 1.29 is 14.5 Å². The molecule has 134 valence electrons. The highest BCUT2D eigenvalue weighted by atomic mass is 35.5. The first-order chi connectivity index (χ1) is 11.4. The molecule has 5 nitrogen and oxygen atoms in total. The maximum atomic E-state index is 12.3. The molecule has 24 heavy (non-hydrogen) atoms. The Morgan fingerprint density at radius 1 is 1.08 bits per heavy atom. The predicted molar refractivity (Wildman–Crippen MR) is 98.9 cm³/mol. The van der Waals surface area contributed by atoms with Gasteiger partial charge in [-0.05, 0) is 31.0 Å². The maximum Gasteiger partial charge on any atom is 0.279 e. The second-order valence-corrected chi connectivity index (χ2v) is 6.68. The van der Waals surface area contributed by atoms with E-state index in [1.165, 1.54) is 0 Å². The zero-order valence-electron chi connectivity index (χ0n) is 14.5. The molecule has 0 bridgehead atoms. The Kier molecular flexibility index (Phi) is 9.11. The highest BCUT2D eigenvalue weighted by molar-refractivity contribution is 6.42. The molecule has 0 aliphatic carbocycles. The number of hydrogen-bond acceptors (Lipinski definition) is 2. The van der Waals surface area contributed by atoms with Crippen molar-refractivity contribution in [3.05, 3.63) is 28.2 Å². The minimum Gasteiger partial charge on any atom is -0.338 e. The van der Waals surface area contributed by atoms with E-state index in [1.807, 2.05) is 11.9 Å². The lowest BCUT2D eigenvalue weighted by Crippen LogP contribution is -3.11. The summed E-state index contributed by atoms with van der Waals surface area (Å²) < 4.78 is 0. The third kappa shape index (κ3) is 7.07. The van der Waals surface area contributed by atoms with Crippen molar-refractivity contribution in [1.82, 2.24) is 4.90 Å². The SMILES string of the molecule is CCCN(CCC)C(=O)C[NH+](C)CC(=O)Nc1ccc(Cl)c(Cl)c1. The van der Waals surface area contributed by atoms with E-state index in [9.17, 15) is 9.59 Å². The van der Waals surface area contributed by atoms with Gasteiger partial charge in [-0.15, -0.1) is 0 Å². The molecule has 0 saturated heterocycles. The van der Waals surface area contributed by atoms with Crippen molar-refractivity contribution >= 4 is 40.7 Å². The summed E-state index contributed by atoms with van der Waals surface area (Å²) >= 11 is 11.8. The van der Waals surface area contributed by atoms with Crippen LogP contribution in [-0.4, -0.2) is 49.9 Å². The van der Waals surface area contributed by atoms with Gasteiger partial charge < -0.3 is 15.1 Å². The van der Waals surface area contributed by atoms with Gasteiger partial charge >= 0.3 is 0 Å². The zero-order valence-corrected chi connectivity index (χ0v) is 16.0. The van der Waals surface area contributed by atoms with E-state index in [1.54, 1.807) is 18.2 Å². The third-order valence-corrected chi connectivity index (χ3v) is 4.20. The van der Waals surface area contributed by atoms with Gasteiger partial charge in [-0.1, -0.05) is 37.0 Å². The van der Waals surface area contributed by atoms with Crippen molar-refractivity contribution in [2.24, 2.45) is 0 Å². The van der Waals surface area contributed by atoms with Gasteiger partial charge in [0.15, 0.2) is 13.1 Å². The molecular weight excluding hydrogens is 349 g/mol. The van der Waals surface area contributed by atoms with E-state index in [2.05, 4.69) is 19.2 Å². The van der Waals surface area contributed by atoms with Crippen LogP contribution >= 0.6 is 23.2 Å². The van der Waals surface area contributed by atoms with Crippen LogP contribution < -0.4 is 10.2 Å². The summed E-state index contributed by atoms with van der Waals surface area (Å²) in [5, 5.41) is 3.59. The molecule has 1 atom stereocenters. The quantitative estimate of drug-likeness (QED) is 0.695. The molecule has 1 aromatic carbocycles. The van der Waals surface area contributed by atoms with Crippen LogP contribution in [0.2, 0.25) is 10.0 Å². The van der Waals surface area contributed by atoms with Crippen LogP contribution in [-0.2, 0) is 9.59 Å². The largest absolute Gasteiger partial charge is 0.338 e. The fraction of sp³-hybridized carbons (Fsp3) is 0.529.